The zero-order valence-electron chi connectivity index (χ0n) is 9.77. The van der Waals surface area contributed by atoms with Crippen molar-refractivity contribution in [3.8, 4) is 11.8 Å². The molecule has 0 atom stereocenters. The van der Waals surface area contributed by atoms with Gasteiger partial charge in [-0.1, -0.05) is 35.6 Å². The second-order valence-corrected chi connectivity index (χ2v) is 4.49. The molecule has 2 rings (SSSR count). The summed E-state index contributed by atoms with van der Waals surface area (Å²) in [7, 11) is 0. The fourth-order valence-corrected chi connectivity index (χ4v) is 1.66. The van der Waals surface area contributed by atoms with Crippen LogP contribution in [0.3, 0.4) is 0 Å². The van der Waals surface area contributed by atoms with E-state index < -0.39 is 0 Å². The van der Waals surface area contributed by atoms with Crippen molar-refractivity contribution >= 4 is 12.6 Å². The van der Waals surface area contributed by atoms with E-state index in [-0.39, 0.29) is 0 Å². The van der Waals surface area contributed by atoms with E-state index in [4.69, 9.17) is 0 Å². The van der Waals surface area contributed by atoms with Crippen LogP contribution in [0.1, 0.15) is 18.9 Å². The highest BCUT2D eigenvalue weighted by molar-refractivity contribution is 7.80. The third-order valence-electron chi connectivity index (χ3n) is 2.52. The van der Waals surface area contributed by atoms with Gasteiger partial charge in [-0.3, -0.25) is 0 Å². The minimum absolute atomic E-state index is 0.957. The molecule has 0 amide bonds. The van der Waals surface area contributed by atoms with Crippen molar-refractivity contribution in [2.45, 2.75) is 18.2 Å². The normalized spacial score (nSPS) is 14.2. The summed E-state index contributed by atoms with van der Waals surface area (Å²) in [6.07, 6.45) is 9.47. The van der Waals surface area contributed by atoms with Gasteiger partial charge in [-0.25, -0.2) is 0 Å². The van der Waals surface area contributed by atoms with Crippen LogP contribution in [0.5, 0.6) is 0 Å². The van der Waals surface area contributed by atoms with E-state index in [0.29, 0.717) is 0 Å². The Bertz CT molecular complexity index is 545. The Balaban J connectivity index is 2.15. The molecule has 1 heteroatoms. The molecule has 1 aliphatic carbocycles. The van der Waals surface area contributed by atoms with Crippen molar-refractivity contribution in [1.82, 2.24) is 0 Å². The van der Waals surface area contributed by atoms with E-state index in [9.17, 15) is 0 Å². The quantitative estimate of drug-likeness (QED) is 0.509. The summed E-state index contributed by atoms with van der Waals surface area (Å²) in [5.74, 6) is 6.34. The zero-order chi connectivity index (χ0) is 12.1. The molecule has 0 saturated heterocycles. The van der Waals surface area contributed by atoms with Gasteiger partial charge in [0.15, 0.2) is 0 Å². The van der Waals surface area contributed by atoms with Gasteiger partial charge in [-0.05, 0) is 43.7 Å². The molecule has 0 aliphatic heterocycles. The van der Waals surface area contributed by atoms with E-state index in [1.165, 1.54) is 5.57 Å². The van der Waals surface area contributed by atoms with E-state index in [1.54, 1.807) is 0 Å². The minimum Gasteiger partial charge on any atom is -0.143 e. The molecule has 17 heavy (non-hydrogen) atoms. The molecule has 0 heterocycles. The molecule has 0 bridgehead atoms. The smallest absolute Gasteiger partial charge is 0.0249 e. The van der Waals surface area contributed by atoms with E-state index in [2.05, 4.69) is 55.7 Å². The van der Waals surface area contributed by atoms with Crippen molar-refractivity contribution in [3.63, 3.8) is 0 Å². The van der Waals surface area contributed by atoms with Crippen LogP contribution in [-0.4, -0.2) is 0 Å². The van der Waals surface area contributed by atoms with E-state index in [1.807, 2.05) is 24.3 Å². The van der Waals surface area contributed by atoms with Gasteiger partial charge in [0.25, 0.3) is 0 Å². The highest BCUT2D eigenvalue weighted by Crippen LogP contribution is 2.10. The van der Waals surface area contributed by atoms with Crippen LogP contribution in [0.4, 0.5) is 0 Å². The molecule has 0 fully saturated rings. The molecule has 0 aromatic heterocycles. The van der Waals surface area contributed by atoms with Crippen molar-refractivity contribution in [2.75, 3.05) is 0 Å². The number of rotatable bonds is 0. The number of allylic oxidation sites excluding steroid dienone is 6. The number of benzene rings is 1. The van der Waals surface area contributed by atoms with Crippen molar-refractivity contribution in [1.29, 1.82) is 0 Å². The van der Waals surface area contributed by atoms with Crippen LogP contribution < -0.4 is 0 Å². The summed E-state index contributed by atoms with van der Waals surface area (Å²) in [6.45, 7) is 2.10. The standard InChI is InChI=1S/C16H14S/c1-13-3-2-4-14(6-5-13)7-8-15-9-11-16(17)12-10-15/h3-6,9-12,17H,2H2,1H3. The fourth-order valence-electron chi connectivity index (χ4n) is 1.51. The third-order valence-corrected chi connectivity index (χ3v) is 2.82. The molecule has 0 radical (unpaired) electrons. The third kappa shape index (κ3) is 3.69. The van der Waals surface area contributed by atoms with Crippen LogP contribution in [-0.2, 0) is 0 Å². The topological polar surface area (TPSA) is 0 Å². The van der Waals surface area contributed by atoms with Crippen molar-refractivity contribution < 1.29 is 0 Å². The monoisotopic (exact) mass is 238 g/mol. The average Bonchev–Trinajstić information content (AvgIpc) is 2.54. The largest absolute Gasteiger partial charge is 0.143 e. The fraction of sp³-hybridized carbons (Fsp3) is 0.125. The lowest BCUT2D eigenvalue weighted by Crippen LogP contribution is -1.75. The van der Waals surface area contributed by atoms with Crippen molar-refractivity contribution in [3.05, 3.63) is 65.3 Å². The number of hydrogen-bond donors (Lipinski definition) is 1. The van der Waals surface area contributed by atoms with Gasteiger partial charge in [-0.15, -0.1) is 12.6 Å². The van der Waals surface area contributed by atoms with Crippen LogP contribution >= 0.6 is 12.6 Å². The first-order valence-electron chi connectivity index (χ1n) is 5.60. The molecule has 84 valence electrons. The predicted molar refractivity (Wildman–Crippen MR) is 76.2 cm³/mol. The maximum absolute atomic E-state index is 4.25. The Labute approximate surface area is 108 Å². The second kappa shape index (κ2) is 5.61. The van der Waals surface area contributed by atoms with Gasteiger partial charge in [-0.2, -0.15) is 0 Å². The Hall–Kier alpha value is -1.65. The summed E-state index contributed by atoms with van der Waals surface area (Å²) in [6, 6.07) is 7.88. The van der Waals surface area contributed by atoms with E-state index >= 15 is 0 Å². The summed E-state index contributed by atoms with van der Waals surface area (Å²) >= 11 is 4.25. The van der Waals surface area contributed by atoms with Gasteiger partial charge < -0.3 is 0 Å². The lowest BCUT2D eigenvalue weighted by molar-refractivity contribution is 1.34. The molecule has 1 aromatic carbocycles. The molecule has 0 nitrogen and oxygen atoms in total. The summed E-state index contributed by atoms with van der Waals surface area (Å²) in [4.78, 5) is 0.962. The van der Waals surface area contributed by atoms with E-state index in [0.717, 1.165) is 22.5 Å². The minimum atomic E-state index is 0.957. The van der Waals surface area contributed by atoms with Gasteiger partial charge in [0.2, 0.25) is 0 Å². The Morgan fingerprint density at radius 3 is 2.53 bits per heavy atom. The maximum Gasteiger partial charge on any atom is 0.0249 e. The number of hydrogen-bond acceptors (Lipinski definition) is 1. The first-order chi connectivity index (χ1) is 8.24. The maximum atomic E-state index is 4.25. The number of thiol groups is 1. The molecular weight excluding hydrogens is 224 g/mol. The molecule has 0 saturated carbocycles. The summed E-state index contributed by atoms with van der Waals surface area (Å²) in [5.41, 5.74) is 3.39. The molecule has 0 unspecified atom stereocenters. The van der Waals surface area contributed by atoms with Crippen molar-refractivity contribution in [2.24, 2.45) is 0 Å². The Morgan fingerprint density at radius 2 is 1.76 bits per heavy atom. The second-order valence-electron chi connectivity index (χ2n) is 3.97. The summed E-state index contributed by atoms with van der Waals surface area (Å²) in [5, 5.41) is 0. The molecule has 1 aromatic rings. The van der Waals surface area contributed by atoms with Crippen LogP contribution in [0, 0.1) is 11.8 Å². The SMILES string of the molecule is CC1=CCC=C(C#Cc2ccc(S)cc2)C=C1. The Kier molecular flexibility index (Phi) is 3.90. The molecule has 0 spiro atoms. The van der Waals surface area contributed by atoms with Gasteiger partial charge >= 0.3 is 0 Å². The highest BCUT2D eigenvalue weighted by atomic mass is 32.1. The molecule has 0 N–H and O–H groups in total. The first-order valence-corrected chi connectivity index (χ1v) is 6.05. The van der Waals surface area contributed by atoms with Gasteiger partial charge in [0, 0.05) is 16.0 Å². The predicted octanol–water partition coefficient (Wildman–Crippen LogP) is 4.16. The highest BCUT2D eigenvalue weighted by Gasteiger charge is 1.92. The van der Waals surface area contributed by atoms with Crippen LogP contribution in [0.25, 0.3) is 0 Å². The lowest BCUT2D eigenvalue weighted by Gasteiger charge is -1.91. The van der Waals surface area contributed by atoms with Crippen LogP contribution in [0.15, 0.2) is 64.6 Å². The van der Waals surface area contributed by atoms with Crippen LogP contribution in [0.2, 0.25) is 0 Å². The van der Waals surface area contributed by atoms with Gasteiger partial charge in [0.1, 0.15) is 0 Å². The zero-order valence-corrected chi connectivity index (χ0v) is 10.7. The lowest BCUT2D eigenvalue weighted by atomic mass is 10.2. The summed E-state index contributed by atoms with van der Waals surface area (Å²) < 4.78 is 0. The Morgan fingerprint density at radius 1 is 1.00 bits per heavy atom. The van der Waals surface area contributed by atoms with Gasteiger partial charge in [0.05, 0.1) is 0 Å². The first kappa shape index (κ1) is 11.8. The average molecular weight is 238 g/mol. The molecular formula is C16H14S. The molecule has 1 aliphatic rings.